The molecule has 0 aliphatic carbocycles. The smallest absolute Gasteiger partial charge is 0.295 e. The van der Waals surface area contributed by atoms with E-state index < -0.39 is 9.85 Å². The lowest BCUT2D eigenvalue weighted by Crippen LogP contribution is -1.96. The van der Waals surface area contributed by atoms with E-state index >= 15 is 0 Å². The number of anilines is 2. The van der Waals surface area contributed by atoms with Crippen molar-refractivity contribution in [1.82, 2.24) is 0 Å². The van der Waals surface area contributed by atoms with Crippen molar-refractivity contribution in [2.75, 3.05) is 11.5 Å². The summed E-state index contributed by atoms with van der Waals surface area (Å²) < 4.78 is 11.1. The Hall–Kier alpha value is -4.34. The van der Waals surface area contributed by atoms with Crippen LogP contribution in [0.3, 0.4) is 0 Å². The number of hydrogen-bond acceptors (Lipinski definition) is 8. The number of nitro groups is 2. The predicted octanol–water partition coefficient (Wildman–Crippen LogP) is 4.25. The van der Waals surface area contributed by atoms with Gasteiger partial charge in [-0.1, -0.05) is 0 Å². The zero-order chi connectivity index (χ0) is 20.3. The second kappa shape index (κ2) is 7.50. The number of nitro benzene ring substituents is 2. The van der Waals surface area contributed by atoms with Crippen molar-refractivity contribution < 1.29 is 19.3 Å². The first-order valence-corrected chi connectivity index (χ1v) is 7.87. The van der Waals surface area contributed by atoms with Gasteiger partial charge in [0.25, 0.3) is 11.4 Å². The summed E-state index contributed by atoms with van der Waals surface area (Å²) >= 11 is 0. The summed E-state index contributed by atoms with van der Waals surface area (Å²) in [6.45, 7) is 0. The van der Waals surface area contributed by atoms with E-state index in [2.05, 4.69) is 0 Å². The molecule has 0 aromatic heterocycles. The Labute approximate surface area is 158 Å². The first-order chi connectivity index (χ1) is 13.3. The Balaban J connectivity index is 1.74. The molecule has 0 heterocycles. The second-order valence-electron chi connectivity index (χ2n) is 5.63. The lowest BCUT2D eigenvalue weighted by molar-refractivity contribution is -0.384. The van der Waals surface area contributed by atoms with Crippen LogP contribution in [0, 0.1) is 20.2 Å². The summed E-state index contributed by atoms with van der Waals surface area (Å²) in [4.78, 5) is 20.7. The highest BCUT2D eigenvalue weighted by molar-refractivity contribution is 5.62. The van der Waals surface area contributed by atoms with Crippen LogP contribution in [0.2, 0.25) is 0 Å². The fraction of sp³-hybridized carbons (Fsp3) is 0. The van der Waals surface area contributed by atoms with Gasteiger partial charge in [-0.25, -0.2) is 0 Å². The molecule has 0 spiro atoms. The van der Waals surface area contributed by atoms with Gasteiger partial charge in [0, 0.05) is 0 Å². The molecule has 3 aromatic rings. The molecule has 0 unspecified atom stereocenters. The summed E-state index contributed by atoms with van der Waals surface area (Å²) in [6, 6.07) is 14.6. The normalized spacial score (nSPS) is 10.3. The Kier molecular flexibility index (Phi) is 4.94. The molecule has 0 aliphatic rings. The number of ether oxygens (including phenoxy) is 2. The molecule has 142 valence electrons. The van der Waals surface area contributed by atoms with Crippen LogP contribution >= 0.6 is 0 Å². The average Bonchev–Trinajstić information content (AvgIpc) is 2.66. The molecule has 4 N–H and O–H groups in total. The topological polar surface area (TPSA) is 157 Å². The van der Waals surface area contributed by atoms with Crippen LogP contribution in [-0.4, -0.2) is 9.85 Å². The maximum atomic E-state index is 10.9. The van der Waals surface area contributed by atoms with E-state index in [1.165, 1.54) is 36.4 Å². The third-order valence-corrected chi connectivity index (χ3v) is 3.69. The predicted molar refractivity (Wildman–Crippen MR) is 102 cm³/mol. The van der Waals surface area contributed by atoms with Crippen molar-refractivity contribution in [2.24, 2.45) is 0 Å². The zero-order valence-corrected chi connectivity index (χ0v) is 14.3. The number of nitrogen functional groups attached to an aromatic ring is 2. The van der Waals surface area contributed by atoms with E-state index in [9.17, 15) is 20.2 Å². The number of hydrogen-bond donors (Lipinski definition) is 2. The molecule has 3 aromatic carbocycles. The maximum Gasteiger partial charge on any atom is 0.295 e. The summed E-state index contributed by atoms with van der Waals surface area (Å²) in [7, 11) is 0. The number of rotatable bonds is 6. The fourth-order valence-corrected chi connectivity index (χ4v) is 2.34. The van der Waals surface area contributed by atoms with Gasteiger partial charge in [0.15, 0.2) is 0 Å². The minimum Gasteiger partial charge on any atom is -0.457 e. The maximum absolute atomic E-state index is 10.9. The van der Waals surface area contributed by atoms with Crippen LogP contribution in [0.5, 0.6) is 23.0 Å². The molecule has 10 nitrogen and oxygen atoms in total. The van der Waals surface area contributed by atoms with Gasteiger partial charge in [-0.2, -0.15) is 0 Å². The highest BCUT2D eigenvalue weighted by atomic mass is 16.6. The molecular weight excluding hydrogens is 368 g/mol. The summed E-state index contributed by atoms with van der Waals surface area (Å²) in [5.41, 5.74) is 10.7. The molecular formula is C18H14N4O6. The monoisotopic (exact) mass is 382 g/mol. The molecule has 0 aliphatic heterocycles. The Morgan fingerprint density at radius 1 is 0.607 bits per heavy atom. The van der Waals surface area contributed by atoms with Crippen molar-refractivity contribution >= 4 is 22.7 Å². The third kappa shape index (κ3) is 4.07. The molecule has 0 saturated heterocycles. The zero-order valence-electron chi connectivity index (χ0n) is 14.3. The van der Waals surface area contributed by atoms with Gasteiger partial charge < -0.3 is 20.9 Å². The number of nitrogens with zero attached hydrogens (tertiary/aromatic N) is 2. The van der Waals surface area contributed by atoms with Crippen LogP contribution < -0.4 is 20.9 Å². The summed E-state index contributed by atoms with van der Waals surface area (Å²) in [5, 5.41) is 21.9. The van der Waals surface area contributed by atoms with Crippen molar-refractivity contribution in [3.8, 4) is 23.0 Å². The Morgan fingerprint density at radius 3 is 1.25 bits per heavy atom. The average molecular weight is 382 g/mol. The summed E-state index contributed by atoms with van der Waals surface area (Å²) in [5.74, 6) is 1.33. The van der Waals surface area contributed by atoms with Crippen molar-refractivity contribution in [3.63, 3.8) is 0 Å². The van der Waals surface area contributed by atoms with Gasteiger partial charge in [-0.15, -0.1) is 0 Å². The van der Waals surface area contributed by atoms with Crippen LogP contribution in [-0.2, 0) is 0 Å². The van der Waals surface area contributed by atoms with Gasteiger partial charge in [-0.3, -0.25) is 20.2 Å². The number of benzene rings is 3. The fourth-order valence-electron chi connectivity index (χ4n) is 2.34. The van der Waals surface area contributed by atoms with Crippen molar-refractivity contribution in [1.29, 1.82) is 0 Å². The number of nitrogens with two attached hydrogens (primary N) is 2. The molecule has 0 bridgehead atoms. The highest BCUT2D eigenvalue weighted by Crippen LogP contribution is 2.32. The van der Waals surface area contributed by atoms with E-state index in [1.807, 2.05) is 0 Å². The molecule has 3 rings (SSSR count). The largest absolute Gasteiger partial charge is 0.457 e. The van der Waals surface area contributed by atoms with Gasteiger partial charge in [-0.05, 0) is 48.5 Å². The lowest BCUT2D eigenvalue weighted by atomic mass is 10.2. The minimum absolute atomic E-state index is 0.0405. The first kappa shape index (κ1) is 18.5. The van der Waals surface area contributed by atoms with Crippen LogP contribution in [0.15, 0.2) is 60.7 Å². The molecule has 10 heteroatoms. The molecule has 0 saturated carbocycles. The first-order valence-electron chi connectivity index (χ1n) is 7.87. The van der Waals surface area contributed by atoms with E-state index in [0.717, 1.165) is 0 Å². The molecule has 28 heavy (non-hydrogen) atoms. The second-order valence-corrected chi connectivity index (χ2v) is 5.63. The van der Waals surface area contributed by atoms with Crippen molar-refractivity contribution in [2.45, 2.75) is 0 Å². The van der Waals surface area contributed by atoms with Gasteiger partial charge in [0.2, 0.25) is 0 Å². The van der Waals surface area contributed by atoms with E-state index in [1.54, 1.807) is 24.3 Å². The van der Waals surface area contributed by atoms with Gasteiger partial charge in [0.1, 0.15) is 34.4 Å². The molecule has 0 amide bonds. The van der Waals surface area contributed by atoms with Crippen LogP contribution in [0.25, 0.3) is 0 Å². The van der Waals surface area contributed by atoms with E-state index in [0.29, 0.717) is 11.5 Å². The van der Waals surface area contributed by atoms with E-state index in [-0.39, 0.29) is 34.2 Å². The van der Waals surface area contributed by atoms with E-state index in [4.69, 9.17) is 20.9 Å². The minimum atomic E-state index is -0.592. The third-order valence-electron chi connectivity index (χ3n) is 3.69. The Morgan fingerprint density at radius 2 is 0.929 bits per heavy atom. The summed E-state index contributed by atoms with van der Waals surface area (Å²) in [6.07, 6.45) is 0. The molecule has 0 fully saturated rings. The van der Waals surface area contributed by atoms with Gasteiger partial charge >= 0.3 is 0 Å². The Bertz CT molecular complexity index is 968. The van der Waals surface area contributed by atoms with Crippen molar-refractivity contribution in [3.05, 3.63) is 80.9 Å². The highest BCUT2D eigenvalue weighted by Gasteiger charge is 2.14. The van der Waals surface area contributed by atoms with Crippen LogP contribution in [0.1, 0.15) is 0 Å². The quantitative estimate of drug-likeness (QED) is 0.364. The molecule has 0 radical (unpaired) electrons. The SMILES string of the molecule is Nc1ccc(Oc2ccc(Oc3ccc(N)c([N+](=O)[O-])c3)cc2)cc1[N+](=O)[O-]. The standard InChI is InChI=1S/C18H14N4O6/c19-15-7-5-13(9-17(15)21(23)24)27-11-1-2-12(4-3-11)28-14-6-8-16(20)18(10-14)22(25)26/h1-10H,19-20H2. The molecule has 0 atom stereocenters. The van der Waals surface area contributed by atoms with Gasteiger partial charge in [0.05, 0.1) is 22.0 Å². The van der Waals surface area contributed by atoms with Crippen LogP contribution in [0.4, 0.5) is 22.7 Å². The lowest BCUT2D eigenvalue weighted by Gasteiger charge is -2.09.